The van der Waals surface area contributed by atoms with Gasteiger partial charge in [0, 0.05) is 41.7 Å². The van der Waals surface area contributed by atoms with Gasteiger partial charge >= 0.3 is 6.09 Å². The lowest BCUT2D eigenvalue weighted by atomic mass is 9.91. The molecule has 0 aliphatic carbocycles. The summed E-state index contributed by atoms with van der Waals surface area (Å²) in [7, 11) is 4.14. The van der Waals surface area contributed by atoms with E-state index in [9.17, 15) is 10.1 Å². The summed E-state index contributed by atoms with van der Waals surface area (Å²) < 4.78 is 26.7. The van der Waals surface area contributed by atoms with E-state index in [1.807, 2.05) is 0 Å². The number of nitriles is 1. The molecule has 1 amide bonds. The number of amides is 1. The number of ether oxygens (including phenoxy) is 2. The molecule has 1 N–H and O–H groups in total. The number of nitrogens with zero attached hydrogens (tertiary/aromatic N) is 5. The largest absolute Gasteiger partial charge is 0.444 e. The molecule has 0 unspecified atom stereocenters. The van der Waals surface area contributed by atoms with E-state index in [1.165, 1.54) is 6.07 Å². The van der Waals surface area contributed by atoms with Crippen LogP contribution in [0.4, 0.5) is 20.1 Å². The fourth-order valence-electron chi connectivity index (χ4n) is 5.65. The third-order valence-corrected chi connectivity index (χ3v) is 9.13. The maximum absolute atomic E-state index is 15.2. The number of fused-ring (bicyclic) bond motifs is 4. The first-order valence-corrected chi connectivity index (χ1v) is 14.8. The standard InChI is InChI=1S/C30H30ClFN6O3S/c1-30(2,3)41-29(39)36-27-17(10-33)23-16(6-7-21(32)26(23)42-27)22-20-14-40-13-19(20)18-11-34-28(35-25(18)24(22)31)38-9-8-15(12-38)37(4)5/h6-7,11,15H,8-9,12-14H2,1-5H3,(H,36,39)/t15-/m1/s1. The van der Waals surface area contributed by atoms with Gasteiger partial charge in [0.1, 0.15) is 22.5 Å². The molecular weight excluding hydrogens is 579 g/mol. The Morgan fingerprint density at radius 2 is 2.07 bits per heavy atom. The van der Waals surface area contributed by atoms with Crippen molar-refractivity contribution in [2.24, 2.45) is 0 Å². The average Bonchev–Trinajstić information content (AvgIpc) is 3.67. The van der Waals surface area contributed by atoms with Gasteiger partial charge < -0.3 is 19.3 Å². The predicted molar refractivity (Wildman–Crippen MR) is 163 cm³/mol. The number of hydrogen-bond acceptors (Lipinski definition) is 9. The second kappa shape index (κ2) is 10.6. The SMILES string of the molecule is CN(C)[C@@H]1CCN(c2ncc3c4c(c(-c5ccc(F)c6sc(NC(=O)OC(C)(C)C)c(C#N)c56)c(Cl)c3n2)COC4)C1. The highest BCUT2D eigenvalue weighted by Gasteiger charge is 2.31. The van der Waals surface area contributed by atoms with E-state index in [4.69, 9.17) is 26.1 Å². The van der Waals surface area contributed by atoms with E-state index < -0.39 is 17.5 Å². The number of halogens is 2. The summed E-state index contributed by atoms with van der Waals surface area (Å²) in [5.74, 6) is 0.0892. The molecule has 2 aliphatic heterocycles. The molecule has 1 atom stereocenters. The molecule has 12 heteroatoms. The lowest BCUT2D eigenvalue weighted by Crippen LogP contribution is -2.32. The highest BCUT2D eigenvalue weighted by atomic mass is 35.5. The zero-order chi connectivity index (χ0) is 29.9. The molecule has 0 radical (unpaired) electrons. The van der Waals surface area contributed by atoms with Crippen LogP contribution in [0.5, 0.6) is 0 Å². The van der Waals surface area contributed by atoms with Crippen molar-refractivity contribution in [1.82, 2.24) is 14.9 Å². The number of carbonyl (C=O) groups is 1. The Balaban J connectivity index is 1.53. The maximum Gasteiger partial charge on any atom is 0.412 e. The van der Waals surface area contributed by atoms with Gasteiger partial charge in [0.2, 0.25) is 5.95 Å². The number of aromatic nitrogens is 2. The number of likely N-dealkylation sites (N-methyl/N-ethyl adjacent to an activating group) is 1. The highest BCUT2D eigenvalue weighted by molar-refractivity contribution is 7.23. The number of rotatable bonds is 4. The predicted octanol–water partition coefficient (Wildman–Crippen LogP) is 6.69. The van der Waals surface area contributed by atoms with Crippen LogP contribution in [0, 0.1) is 17.1 Å². The fraction of sp³-hybridized carbons (Fsp3) is 0.400. The van der Waals surface area contributed by atoms with Gasteiger partial charge in [-0.05, 0) is 64.0 Å². The molecule has 0 bridgehead atoms. The van der Waals surface area contributed by atoms with Gasteiger partial charge in [-0.1, -0.05) is 17.7 Å². The summed E-state index contributed by atoms with van der Waals surface area (Å²) in [5, 5.41) is 14.6. The van der Waals surface area contributed by atoms with Gasteiger partial charge in [-0.25, -0.2) is 19.2 Å². The van der Waals surface area contributed by atoms with Crippen molar-refractivity contribution in [3.63, 3.8) is 0 Å². The molecule has 42 heavy (non-hydrogen) atoms. The molecule has 2 aromatic heterocycles. The third kappa shape index (κ3) is 4.92. The van der Waals surface area contributed by atoms with E-state index in [2.05, 4.69) is 40.3 Å². The highest BCUT2D eigenvalue weighted by Crippen LogP contribution is 2.48. The number of thiophene rings is 1. The van der Waals surface area contributed by atoms with Gasteiger partial charge in [-0.3, -0.25) is 5.32 Å². The van der Waals surface area contributed by atoms with Crippen LogP contribution in [0.3, 0.4) is 0 Å². The molecule has 1 fully saturated rings. The van der Waals surface area contributed by atoms with Crippen molar-refractivity contribution in [2.45, 2.75) is 52.0 Å². The Bertz CT molecular complexity index is 1790. The van der Waals surface area contributed by atoms with Crippen molar-refractivity contribution in [2.75, 3.05) is 37.4 Å². The number of carbonyl (C=O) groups excluding carboxylic acids is 1. The van der Waals surface area contributed by atoms with Gasteiger partial charge in [-0.15, -0.1) is 11.3 Å². The average molecular weight is 609 g/mol. The van der Waals surface area contributed by atoms with Crippen LogP contribution in [0.2, 0.25) is 5.02 Å². The lowest BCUT2D eigenvalue weighted by Gasteiger charge is -2.21. The first-order valence-electron chi connectivity index (χ1n) is 13.6. The molecule has 0 spiro atoms. The summed E-state index contributed by atoms with van der Waals surface area (Å²) >= 11 is 8.16. The zero-order valence-corrected chi connectivity index (χ0v) is 25.5. The Morgan fingerprint density at radius 1 is 1.31 bits per heavy atom. The van der Waals surface area contributed by atoms with Gasteiger partial charge in [-0.2, -0.15) is 5.26 Å². The minimum absolute atomic E-state index is 0.134. The summed E-state index contributed by atoms with van der Waals surface area (Å²) in [6.07, 6.45) is 2.08. The molecule has 9 nitrogen and oxygen atoms in total. The summed E-state index contributed by atoms with van der Waals surface area (Å²) in [6.45, 7) is 7.52. The molecule has 0 saturated carbocycles. The normalized spacial score (nSPS) is 16.8. The molecular formula is C30H30ClFN6O3S. The minimum Gasteiger partial charge on any atom is -0.444 e. The van der Waals surface area contributed by atoms with Gasteiger partial charge in [0.05, 0.1) is 34.0 Å². The quantitative estimate of drug-likeness (QED) is 0.273. The van der Waals surface area contributed by atoms with Crippen LogP contribution >= 0.6 is 22.9 Å². The van der Waals surface area contributed by atoms with Crippen molar-refractivity contribution in [1.29, 1.82) is 5.26 Å². The van der Waals surface area contributed by atoms with E-state index in [-0.39, 0.29) is 15.3 Å². The van der Waals surface area contributed by atoms with Crippen LogP contribution < -0.4 is 10.2 Å². The third-order valence-electron chi connectivity index (χ3n) is 7.65. The molecule has 4 heterocycles. The number of nitrogens with one attached hydrogen (secondary N) is 1. The van der Waals surface area contributed by atoms with E-state index in [1.54, 1.807) is 33.0 Å². The van der Waals surface area contributed by atoms with Crippen LogP contribution in [-0.2, 0) is 22.7 Å². The second-order valence-electron chi connectivity index (χ2n) is 11.8. The maximum atomic E-state index is 15.2. The summed E-state index contributed by atoms with van der Waals surface area (Å²) in [5.41, 5.74) is 2.94. The molecule has 2 aliphatic rings. The minimum atomic E-state index is -0.744. The van der Waals surface area contributed by atoms with Gasteiger partial charge in [0.25, 0.3) is 0 Å². The summed E-state index contributed by atoms with van der Waals surface area (Å²) in [4.78, 5) is 26.6. The van der Waals surface area contributed by atoms with Crippen LogP contribution in [0.15, 0.2) is 18.3 Å². The Kier molecular flexibility index (Phi) is 7.22. The van der Waals surface area contributed by atoms with Crippen molar-refractivity contribution >= 4 is 61.0 Å². The number of anilines is 2. The van der Waals surface area contributed by atoms with E-state index >= 15 is 4.39 Å². The van der Waals surface area contributed by atoms with Gasteiger partial charge in [0.15, 0.2) is 0 Å². The van der Waals surface area contributed by atoms with Crippen LogP contribution in [0.1, 0.15) is 43.9 Å². The van der Waals surface area contributed by atoms with Crippen molar-refractivity contribution in [3.8, 4) is 17.2 Å². The molecule has 2 aromatic carbocycles. The van der Waals surface area contributed by atoms with Crippen LogP contribution in [0.25, 0.3) is 32.1 Å². The number of benzene rings is 2. The van der Waals surface area contributed by atoms with Crippen LogP contribution in [-0.4, -0.2) is 59.8 Å². The van der Waals surface area contributed by atoms with E-state index in [0.717, 1.165) is 47.4 Å². The van der Waals surface area contributed by atoms with Crippen molar-refractivity contribution in [3.05, 3.63) is 45.9 Å². The topological polar surface area (TPSA) is 104 Å². The Morgan fingerprint density at radius 3 is 2.76 bits per heavy atom. The monoisotopic (exact) mass is 608 g/mol. The summed E-state index contributed by atoms with van der Waals surface area (Å²) in [6, 6.07) is 5.55. The van der Waals surface area contributed by atoms with Crippen molar-refractivity contribution < 1.29 is 18.7 Å². The molecule has 218 valence electrons. The lowest BCUT2D eigenvalue weighted by molar-refractivity contribution is 0.0636. The molecule has 4 aromatic rings. The second-order valence-corrected chi connectivity index (χ2v) is 13.2. The zero-order valence-electron chi connectivity index (χ0n) is 24.0. The molecule has 1 saturated heterocycles. The molecule has 6 rings (SSSR count). The van der Waals surface area contributed by atoms with E-state index in [0.29, 0.717) is 52.3 Å². The smallest absolute Gasteiger partial charge is 0.412 e. The Labute approximate surface area is 251 Å². The first kappa shape index (κ1) is 28.6. The Hall–Kier alpha value is -3.56. The fourth-order valence-corrected chi connectivity index (χ4v) is 7.08. The first-order chi connectivity index (χ1) is 20.0. The number of hydrogen-bond donors (Lipinski definition) is 1.